The molecule has 0 amide bonds. The molecule has 8 heteroatoms. The van der Waals surface area contributed by atoms with Crippen LogP contribution in [0.3, 0.4) is 0 Å². The summed E-state index contributed by atoms with van der Waals surface area (Å²) in [5.41, 5.74) is 0. The molecule has 0 saturated carbocycles. The lowest BCUT2D eigenvalue weighted by atomic mass is 10.2. The molecule has 1 fully saturated rings. The number of sulfonamides is 1. The Hall–Kier alpha value is -1.77. The van der Waals surface area contributed by atoms with Crippen LogP contribution in [-0.2, 0) is 10.0 Å². The fourth-order valence-corrected chi connectivity index (χ4v) is 3.87. The van der Waals surface area contributed by atoms with Gasteiger partial charge in [0.1, 0.15) is 10.7 Å². The van der Waals surface area contributed by atoms with Gasteiger partial charge in [-0.05, 0) is 19.2 Å². The van der Waals surface area contributed by atoms with Crippen LogP contribution in [0.1, 0.15) is 11.9 Å². The molecule has 1 atom stereocenters. The lowest BCUT2D eigenvalue weighted by molar-refractivity contribution is 0.142. The van der Waals surface area contributed by atoms with Gasteiger partial charge in [0, 0.05) is 44.4 Å². The molecule has 0 radical (unpaired) electrons. The molecule has 0 bridgehead atoms. The maximum atomic E-state index is 12.6. The van der Waals surface area contributed by atoms with E-state index >= 15 is 0 Å². The van der Waals surface area contributed by atoms with E-state index < -0.39 is 10.0 Å². The molecule has 1 aliphatic heterocycles. The van der Waals surface area contributed by atoms with Crippen molar-refractivity contribution in [2.45, 2.75) is 10.9 Å². The molecule has 112 valence electrons. The van der Waals surface area contributed by atoms with Gasteiger partial charge in [-0.15, -0.1) is 0 Å². The quantitative estimate of drug-likeness (QED) is 0.892. The average Bonchev–Trinajstić information content (AvgIpc) is 3.02. The van der Waals surface area contributed by atoms with Gasteiger partial charge in [-0.3, -0.25) is 9.88 Å². The number of nitrogens with zero attached hydrogens (tertiary/aromatic N) is 4. The molecular weight excluding hydrogens is 290 g/mol. The minimum Gasteiger partial charge on any atom is -0.347 e. The van der Waals surface area contributed by atoms with E-state index in [9.17, 15) is 8.42 Å². The van der Waals surface area contributed by atoms with Crippen LogP contribution in [0.15, 0.2) is 41.8 Å². The highest BCUT2D eigenvalue weighted by Crippen LogP contribution is 2.25. The number of likely N-dealkylation sites (N-methyl/N-ethyl adjacent to an activating group) is 1. The first-order valence-electron chi connectivity index (χ1n) is 6.69. The smallest absolute Gasteiger partial charge is 0.244 e. The van der Waals surface area contributed by atoms with Gasteiger partial charge in [0.05, 0.1) is 6.04 Å². The van der Waals surface area contributed by atoms with Crippen molar-refractivity contribution >= 4 is 10.0 Å². The molecule has 7 nitrogen and oxygen atoms in total. The third-order valence-electron chi connectivity index (χ3n) is 3.72. The van der Waals surface area contributed by atoms with Crippen LogP contribution in [0.25, 0.3) is 0 Å². The van der Waals surface area contributed by atoms with Crippen molar-refractivity contribution in [3.05, 3.63) is 42.7 Å². The molecule has 1 saturated heterocycles. The maximum absolute atomic E-state index is 12.6. The number of hydrogen-bond donors (Lipinski definition) is 1. The van der Waals surface area contributed by atoms with Crippen LogP contribution < -0.4 is 0 Å². The third kappa shape index (κ3) is 2.69. The van der Waals surface area contributed by atoms with Crippen LogP contribution in [-0.4, -0.2) is 59.3 Å². The van der Waals surface area contributed by atoms with Gasteiger partial charge in [-0.25, -0.2) is 13.4 Å². The predicted octanol–water partition coefficient (Wildman–Crippen LogP) is 0.482. The summed E-state index contributed by atoms with van der Waals surface area (Å²) < 4.78 is 26.8. The molecule has 2 aromatic rings. The van der Waals surface area contributed by atoms with Crippen molar-refractivity contribution in [2.75, 3.05) is 26.7 Å². The highest BCUT2D eigenvalue weighted by molar-refractivity contribution is 7.89. The molecular formula is C13H17N5O2S. The first kappa shape index (κ1) is 14.2. The number of aromatic amines is 1. The Morgan fingerprint density at radius 3 is 2.86 bits per heavy atom. The summed E-state index contributed by atoms with van der Waals surface area (Å²) in [6.45, 7) is 1.50. The zero-order valence-corrected chi connectivity index (χ0v) is 12.5. The van der Waals surface area contributed by atoms with Crippen molar-refractivity contribution in [3.8, 4) is 0 Å². The molecule has 0 spiro atoms. The summed E-state index contributed by atoms with van der Waals surface area (Å²) in [5, 5.41) is 0. The molecule has 3 rings (SSSR count). The number of rotatable bonds is 3. The van der Waals surface area contributed by atoms with Crippen LogP contribution >= 0.6 is 0 Å². The Balaban J connectivity index is 1.87. The maximum Gasteiger partial charge on any atom is 0.244 e. The number of hydrogen-bond acceptors (Lipinski definition) is 5. The zero-order valence-electron chi connectivity index (χ0n) is 11.7. The Kier molecular flexibility index (Phi) is 3.75. The van der Waals surface area contributed by atoms with Gasteiger partial charge in [-0.1, -0.05) is 0 Å². The molecule has 3 heterocycles. The second-order valence-electron chi connectivity index (χ2n) is 5.02. The zero-order chi connectivity index (χ0) is 14.9. The predicted molar refractivity (Wildman–Crippen MR) is 77.0 cm³/mol. The molecule has 1 N–H and O–H groups in total. The standard InChI is InChI=1S/C13H17N5O2S/c1-17-7-8-18(10-12(17)13-15-5-6-16-13)21(19,20)11-3-2-4-14-9-11/h2-6,9,12H,7-8,10H2,1H3,(H,15,16)/t12-/m0/s1. The van der Waals surface area contributed by atoms with Gasteiger partial charge in [-0.2, -0.15) is 4.31 Å². The highest BCUT2D eigenvalue weighted by atomic mass is 32.2. The molecule has 0 aromatic carbocycles. The van der Waals surface area contributed by atoms with Crippen molar-refractivity contribution in [1.29, 1.82) is 0 Å². The van der Waals surface area contributed by atoms with Crippen molar-refractivity contribution in [2.24, 2.45) is 0 Å². The second kappa shape index (κ2) is 5.55. The fourth-order valence-electron chi connectivity index (χ4n) is 2.47. The summed E-state index contributed by atoms with van der Waals surface area (Å²) in [6, 6.07) is 3.13. The van der Waals surface area contributed by atoms with E-state index in [0.717, 1.165) is 5.82 Å². The van der Waals surface area contributed by atoms with Crippen molar-refractivity contribution in [3.63, 3.8) is 0 Å². The van der Waals surface area contributed by atoms with E-state index in [1.54, 1.807) is 30.7 Å². The Morgan fingerprint density at radius 2 is 2.19 bits per heavy atom. The van der Waals surface area contributed by atoms with Crippen molar-refractivity contribution < 1.29 is 8.42 Å². The van der Waals surface area contributed by atoms with Gasteiger partial charge in [0.2, 0.25) is 10.0 Å². The fraction of sp³-hybridized carbons (Fsp3) is 0.385. The summed E-state index contributed by atoms with van der Waals surface area (Å²) in [6.07, 6.45) is 6.37. The highest BCUT2D eigenvalue weighted by Gasteiger charge is 2.34. The van der Waals surface area contributed by atoms with Crippen LogP contribution in [0, 0.1) is 0 Å². The topological polar surface area (TPSA) is 82.2 Å². The van der Waals surface area contributed by atoms with Crippen LogP contribution in [0.2, 0.25) is 0 Å². The van der Waals surface area contributed by atoms with E-state index in [1.807, 2.05) is 7.05 Å². The summed E-state index contributed by atoms with van der Waals surface area (Å²) in [4.78, 5) is 13.5. The SMILES string of the molecule is CN1CCN(S(=O)(=O)c2cccnc2)C[C@H]1c1ncc[nH]1. The molecule has 0 unspecified atom stereocenters. The van der Waals surface area contributed by atoms with E-state index in [0.29, 0.717) is 19.6 Å². The third-order valence-corrected chi connectivity index (χ3v) is 5.57. The minimum absolute atomic E-state index is 0.0693. The van der Waals surface area contributed by atoms with Gasteiger partial charge in [0.15, 0.2) is 0 Å². The molecule has 2 aromatic heterocycles. The molecule has 1 aliphatic rings. The van der Waals surface area contributed by atoms with E-state index in [4.69, 9.17) is 0 Å². The largest absolute Gasteiger partial charge is 0.347 e. The first-order valence-corrected chi connectivity index (χ1v) is 8.13. The lowest BCUT2D eigenvalue weighted by Gasteiger charge is -2.37. The first-order chi connectivity index (χ1) is 10.1. The van der Waals surface area contributed by atoms with Gasteiger partial charge in [0.25, 0.3) is 0 Å². The van der Waals surface area contributed by atoms with Gasteiger partial charge < -0.3 is 4.98 Å². The number of nitrogens with one attached hydrogen (secondary N) is 1. The molecule has 21 heavy (non-hydrogen) atoms. The van der Waals surface area contributed by atoms with Crippen LogP contribution in [0.4, 0.5) is 0 Å². The Labute approximate surface area is 123 Å². The number of piperazine rings is 1. The molecule has 0 aliphatic carbocycles. The average molecular weight is 307 g/mol. The monoisotopic (exact) mass is 307 g/mol. The Morgan fingerprint density at radius 1 is 1.33 bits per heavy atom. The van der Waals surface area contributed by atoms with E-state index in [2.05, 4.69) is 19.9 Å². The Bertz CT molecular complexity index is 687. The lowest BCUT2D eigenvalue weighted by Crippen LogP contribution is -2.49. The normalized spacial score (nSPS) is 21.5. The summed E-state index contributed by atoms with van der Waals surface area (Å²) in [7, 11) is -1.53. The summed E-state index contributed by atoms with van der Waals surface area (Å²) in [5.74, 6) is 0.781. The number of imidazole rings is 1. The number of H-pyrrole nitrogens is 1. The minimum atomic E-state index is -3.51. The van der Waals surface area contributed by atoms with E-state index in [-0.39, 0.29) is 10.9 Å². The van der Waals surface area contributed by atoms with Gasteiger partial charge >= 0.3 is 0 Å². The van der Waals surface area contributed by atoms with Crippen molar-refractivity contribution in [1.82, 2.24) is 24.2 Å². The second-order valence-corrected chi connectivity index (χ2v) is 6.96. The van der Waals surface area contributed by atoms with Crippen LogP contribution in [0.5, 0.6) is 0 Å². The van der Waals surface area contributed by atoms with E-state index in [1.165, 1.54) is 10.5 Å². The summed E-state index contributed by atoms with van der Waals surface area (Å²) >= 11 is 0. The number of pyridine rings is 1. The number of aromatic nitrogens is 3.